The summed E-state index contributed by atoms with van der Waals surface area (Å²) in [5.74, 6) is 0.554. The third-order valence-electron chi connectivity index (χ3n) is 3.45. The molecule has 1 heterocycles. The fraction of sp³-hybridized carbons (Fsp3) is 0.571. The Morgan fingerprint density at radius 2 is 2.22 bits per heavy atom. The van der Waals surface area contributed by atoms with Crippen molar-refractivity contribution < 1.29 is 0 Å². The molecule has 1 atom stereocenters. The Morgan fingerprint density at radius 3 is 2.89 bits per heavy atom. The van der Waals surface area contributed by atoms with E-state index in [1.807, 2.05) is 18.3 Å². The molecule has 1 unspecified atom stereocenters. The summed E-state index contributed by atoms with van der Waals surface area (Å²) in [6.07, 6.45) is 9.86. The van der Waals surface area contributed by atoms with Gasteiger partial charge in [-0.1, -0.05) is 25.3 Å². The van der Waals surface area contributed by atoms with Gasteiger partial charge >= 0.3 is 0 Å². The molecule has 3 N–H and O–H groups in total. The number of hydrogen-bond acceptors (Lipinski definition) is 2. The topological polar surface area (TPSA) is 63.3 Å². The van der Waals surface area contributed by atoms with Crippen molar-refractivity contribution in [3.8, 4) is 0 Å². The number of nitrogens with zero attached hydrogens (tertiary/aromatic N) is 2. The third-order valence-corrected chi connectivity index (χ3v) is 3.45. The van der Waals surface area contributed by atoms with Crippen molar-refractivity contribution in [3.63, 3.8) is 0 Å². The first-order valence-corrected chi connectivity index (χ1v) is 6.75. The molecule has 0 saturated heterocycles. The Morgan fingerprint density at radius 1 is 1.44 bits per heavy atom. The molecule has 0 radical (unpaired) electrons. The molecule has 1 saturated carbocycles. The summed E-state index contributed by atoms with van der Waals surface area (Å²) in [7, 11) is 0. The van der Waals surface area contributed by atoms with Crippen molar-refractivity contribution in [2.75, 3.05) is 0 Å². The van der Waals surface area contributed by atoms with Crippen molar-refractivity contribution >= 4 is 5.96 Å². The molecular formula is C14H22N4. The van der Waals surface area contributed by atoms with Crippen molar-refractivity contribution in [2.24, 2.45) is 10.7 Å². The highest BCUT2D eigenvalue weighted by molar-refractivity contribution is 5.78. The van der Waals surface area contributed by atoms with Gasteiger partial charge in [0.2, 0.25) is 0 Å². The highest BCUT2D eigenvalue weighted by atomic mass is 15.1. The third kappa shape index (κ3) is 3.72. The number of pyridine rings is 1. The van der Waals surface area contributed by atoms with Crippen LogP contribution >= 0.6 is 0 Å². The lowest BCUT2D eigenvalue weighted by Gasteiger charge is -2.20. The lowest BCUT2D eigenvalue weighted by molar-refractivity contribution is 0.441. The summed E-state index contributed by atoms with van der Waals surface area (Å²) >= 11 is 0. The van der Waals surface area contributed by atoms with Crippen LogP contribution in [0.3, 0.4) is 0 Å². The average molecular weight is 246 g/mol. The van der Waals surface area contributed by atoms with E-state index in [9.17, 15) is 0 Å². The Bertz CT molecular complexity index is 382. The van der Waals surface area contributed by atoms with Gasteiger partial charge in [0.1, 0.15) is 0 Å². The van der Waals surface area contributed by atoms with Gasteiger partial charge in [0.05, 0.1) is 12.1 Å². The van der Waals surface area contributed by atoms with Crippen LogP contribution in [0, 0.1) is 0 Å². The number of rotatable bonds is 3. The largest absolute Gasteiger partial charge is 0.370 e. The van der Waals surface area contributed by atoms with Crippen molar-refractivity contribution in [2.45, 2.75) is 51.1 Å². The van der Waals surface area contributed by atoms with Gasteiger partial charge in [0.15, 0.2) is 5.96 Å². The molecule has 1 fully saturated rings. The maximum atomic E-state index is 5.96. The van der Waals surface area contributed by atoms with Crippen LogP contribution < -0.4 is 11.1 Å². The Labute approximate surface area is 109 Å². The molecule has 0 bridgehead atoms. The van der Waals surface area contributed by atoms with Crippen LogP contribution in [-0.2, 0) is 0 Å². The fourth-order valence-electron chi connectivity index (χ4n) is 2.38. The highest BCUT2D eigenvalue weighted by Crippen LogP contribution is 2.20. The zero-order valence-electron chi connectivity index (χ0n) is 11.0. The van der Waals surface area contributed by atoms with Gasteiger partial charge in [0, 0.05) is 12.4 Å². The van der Waals surface area contributed by atoms with E-state index in [1.54, 1.807) is 6.20 Å². The molecule has 4 heteroatoms. The van der Waals surface area contributed by atoms with Crippen molar-refractivity contribution in [1.29, 1.82) is 0 Å². The molecule has 4 nitrogen and oxygen atoms in total. The molecule has 1 aliphatic carbocycles. The van der Waals surface area contributed by atoms with E-state index in [1.165, 1.54) is 32.1 Å². The molecule has 1 aromatic heterocycles. The van der Waals surface area contributed by atoms with Crippen LogP contribution in [0.1, 0.15) is 50.6 Å². The molecule has 0 aromatic carbocycles. The molecular weight excluding hydrogens is 224 g/mol. The number of guanidine groups is 1. The van der Waals surface area contributed by atoms with Crippen LogP contribution in [0.25, 0.3) is 0 Å². The summed E-state index contributed by atoms with van der Waals surface area (Å²) < 4.78 is 0. The SMILES string of the molecule is CC(NC(N)=NC1CCCCC1)c1cccnc1. The van der Waals surface area contributed by atoms with Gasteiger partial charge in [-0.25, -0.2) is 0 Å². The first kappa shape index (κ1) is 12.9. The van der Waals surface area contributed by atoms with E-state index >= 15 is 0 Å². The second kappa shape index (κ2) is 6.38. The average Bonchev–Trinajstić information content (AvgIpc) is 2.40. The Kier molecular flexibility index (Phi) is 4.56. The molecule has 1 aromatic rings. The lowest BCUT2D eigenvalue weighted by Crippen LogP contribution is -2.35. The fourth-order valence-corrected chi connectivity index (χ4v) is 2.38. The predicted octanol–water partition coefficient (Wildman–Crippen LogP) is 2.38. The van der Waals surface area contributed by atoms with Gasteiger partial charge < -0.3 is 11.1 Å². The van der Waals surface area contributed by atoms with Crippen LogP contribution in [0.5, 0.6) is 0 Å². The van der Waals surface area contributed by atoms with E-state index in [-0.39, 0.29) is 6.04 Å². The van der Waals surface area contributed by atoms with Gasteiger partial charge in [-0.2, -0.15) is 0 Å². The standard InChI is InChI=1S/C14H22N4/c1-11(12-6-5-9-16-10-12)17-14(15)18-13-7-3-2-4-8-13/h5-6,9-11,13H,2-4,7-8H2,1H3,(H3,15,17,18). The number of aliphatic imine (C=N–C) groups is 1. The van der Waals surface area contributed by atoms with Gasteiger partial charge in [0.25, 0.3) is 0 Å². The minimum atomic E-state index is 0.144. The van der Waals surface area contributed by atoms with Crippen molar-refractivity contribution in [1.82, 2.24) is 10.3 Å². The maximum Gasteiger partial charge on any atom is 0.189 e. The van der Waals surface area contributed by atoms with Gasteiger partial charge in [-0.15, -0.1) is 0 Å². The van der Waals surface area contributed by atoms with Crippen LogP contribution in [0.4, 0.5) is 0 Å². The monoisotopic (exact) mass is 246 g/mol. The molecule has 1 aliphatic rings. The second-order valence-electron chi connectivity index (χ2n) is 4.96. The van der Waals surface area contributed by atoms with Gasteiger partial charge in [-0.05, 0) is 31.4 Å². The summed E-state index contributed by atoms with van der Waals surface area (Å²) in [5, 5.41) is 3.23. The number of aromatic nitrogens is 1. The Balaban J connectivity index is 1.90. The molecule has 98 valence electrons. The van der Waals surface area contributed by atoms with E-state index < -0.39 is 0 Å². The second-order valence-corrected chi connectivity index (χ2v) is 4.96. The van der Waals surface area contributed by atoms with Gasteiger partial charge in [-0.3, -0.25) is 9.98 Å². The summed E-state index contributed by atoms with van der Waals surface area (Å²) in [5.41, 5.74) is 7.09. The first-order valence-electron chi connectivity index (χ1n) is 6.75. The quantitative estimate of drug-likeness (QED) is 0.636. The number of hydrogen-bond donors (Lipinski definition) is 2. The van der Waals surface area contributed by atoms with E-state index in [2.05, 4.69) is 22.2 Å². The smallest absolute Gasteiger partial charge is 0.189 e. The summed E-state index contributed by atoms with van der Waals surface area (Å²) in [4.78, 5) is 8.67. The number of nitrogens with one attached hydrogen (secondary N) is 1. The molecule has 2 rings (SSSR count). The van der Waals surface area contributed by atoms with Crippen LogP contribution in [0.2, 0.25) is 0 Å². The van der Waals surface area contributed by atoms with E-state index in [0.29, 0.717) is 12.0 Å². The molecule has 0 amide bonds. The van der Waals surface area contributed by atoms with E-state index in [0.717, 1.165) is 5.56 Å². The zero-order chi connectivity index (χ0) is 12.8. The molecule has 0 aliphatic heterocycles. The van der Waals surface area contributed by atoms with E-state index in [4.69, 9.17) is 5.73 Å². The highest BCUT2D eigenvalue weighted by Gasteiger charge is 2.13. The minimum absolute atomic E-state index is 0.144. The molecule has 0 spiro atoms. The summed E-state index contributed by atoms with van der Waals surface area (Å²) in [6, 6.07) is 4.53. The van der Waals surface area contributed by atoms with Crippen LogP contribution in [-0.4, -0.2) is 17.0 Å². The Hall–Kier alpha value is -1.58. The zero-order valence-corrected chi connectivity index (χ0v) is 11.0. The first-order chi connectivity index (χ1) is 8.75. The van der Waals surface area contributed by atoms with Crippen molar-refractivity contribution in [3.05, 3.63) is 30.1 Å². The maximum absolute atomic E-state index is 5.96. The summed E-state index contributed by atoms with van der Waals surface area (Å²) in [6.45, 7) is 2.07. The normalized spacial score (nSPS) is 19.5. The number of nitrogens with two attached hydrogens (primary N) is 1. The predicted molar refractivity (Wildman–Crippen MR) is 74.3 cm³/mol. The van der Waals surface area contributed by atoms with Crippen LogP contribution in [0.15, 0.2) is 29.5 Å². The minimum Gasteiger partial charge on any atom is -0.370 e. The lowest BCUT2D eigenvalue weighted by atomic mass is 9.96. The molecule has 18 heavy (non-hydrogen) atoms.